The van der Waals surface area contributed by atoms with Crippen LogP contribution >= 0.6 is 34.8 Å². The Morgan fingerprint density at radius 2 is 1.76 bits per heavy atom. The summed E-state index contributed by atoms with van der Waals surface area (Å²) in [6, 6.07) is 10.6. The number of hydrogen-bond donors (Lipinski definition) is 1. The van der Waals surface area contributed by atoms with Gasteiger partial charge in [0.1, 0.15) is 12.4 Å². The van der Waals surface area contributed by atoms with Crippen LogP contribution in [0.2, 0.25) is 15.1 Å². The summed E-state index contributed by atoms with van der Waals surface area (Å²) in [5.41, 5.74) is 0.764. The molecule has 0 bridgehead atoms. The molecule has 3 rings (SSSR count). The summed E-state index contributed by atoms with van der Waals surface area (Å²) in [4.78, 5) is 13.4. The van der Waals surface area contributed by atoms with Gasteiger partial charge in [-0.05, 0) is 48.7 Å². The monoisotopic (exact) mass is 455 g/mol. The van der Waals surface area contributed by atoms with Gasteiger partial charge in [-0.2, -0.15) is 0 Å². The highest BCUT2D eigenvalue weighted by Gasteiger charge is 2.42. The van der Waals surface area contributed by atoms with E-state index in [0.717, 1.165) is 37.7 Å². The molecule has 0 unspecified atom stereocenters. The summed E-state index contributed by atoms with van der Waals surface area (Å²) in [7, 11) is 1.61. The van der Waals surface area contributed by atoms with Crippen LogP contribution in [0, 0.1) is 0 Å². The molecule has 29 heavy (non-hydrogen) atoms. The molecule has 1 saturated carbocycles. The molecule has 0 spiro atoms. The molecule has 0 saturated heterocycles. The quantitative estimate of drug-likeness (QED) is 0.483. The van der Waals surface area contributed by atoms with E-state index < -0.39 is 5.41 Å². The van der Waals surface area contributed by atoms with E-state index in [1.165, 1.54) is 0 Å². The Balaban J connectivity index is 1.83. The van der Waals surface area contributed by atoms with E-state index in [1.807, 2.05) is 6.07 Å². The minimum atomic E-state index is -0.681. The molecule has 1 aliphatic rings. The molecular weight excluding hydrogens is 433 g/mol. The van der Waals surface area contributed by atoms with Crippen molar-refractivity contribution < 1.29 is 14.3 Å². The molecule has 0 atom stereocenters. The maximum atomic E-state index is 13.4. The highest BCUT2D eigenvalue weighted by Crippen LogP contribution is 2.44. The molecule has 1 fully saturated rings. The molecule has 2 aromatic carbocycles. The predicted octanol–water partition coefficient (Wildman–Crippen LogP) is 6.51. The number of carbonyl (C=O) groups excluding carboxylic acids is 1. The third kappa shape index (κ3) is 5.18. The second kappa shape index (κ2) is 10.0. The third-order valence-electron chi connectivity index (χ3n) is 5.32. The summed E-state index contributed by atoms with van der Waals surface area (Å²) in [6.45, 7) is 0.874. The van der Waals surface area contributed by atoms with Crippen LogP contribution in [0.1, 0.15) is 37.7 Å². The first kappa shape index (κ1) is 22.2. The van der Waals surface area contributed by atoms with Crippen LogP contribution in [-0.2, 0) is 14.9 Å². The largest absolute Gasteiger partial charge is 0.490 e. The third-order valence-corrected chi connectivity index (χ3v) is 6.17. The maximum absolute atomic E-state index is 13.4. The summed E-state index contributed by atoms with van der Waals surface area (Å²) < 4.78 is 10.5. The molecule has 0 radical (unpaired) electrons. The molecule has 4 nitrogen and oxygen atoms in total. The number of amides is 1. The fraction of sp³-hybridized carbons (Fsp3) is 0.409. The number of benzene rings is 2. The summed E-state index contributed by atoms with van der Waals surface area (Å²) in [6.07, 6.45) is 4.54. The van der Waals surface area contributed by atoms with Crippen molar-refractivity contribution in [2.75, 3.05) is 25.6 Å². The van der Waals surface area contributed by atoms with Crippen molar-refractivity contribution in [2.45, 2.75) is 37.5 Å². The number of rotatable bonds is 7. The molecule has 2 aromatic rings. The Morgan fingerprint density at radius 1 is 1.00 bits per heavy atom. The minimum absolute atomic E-state index is 0.0782. The predicted molar refractivity (Wildman–Crippen MR) is 119 cm³/mol. The Bertz CT molecular complexity index is 866. The zero-order chi connectivity index (χ0) is 20.9. The zero-order valence-electron chi connectivity index (χ0n) is 16.3. The number of hydrogen-bond acceptors (Lipinski definition) is 3. The molecule has 7 heteroatoms. The van der Waals surface area contributed by atoms with Crippen LogP contribution in [0.3, 0.4) is 0 Å². The number of anilines is 1. The van der Waals surface area contributed by atoms with Gasteiger partial charge in [-0.15, -0.1) is 0 Å². The lowest BCUT2D eigenvalue weighted by atomic mass is 9.68. The molecule has 1 aliphatic carbocycles. The summed E-state index contributed by atoms with van der Waals surface area (Å²) >= 11 is 18.9. The smallest absolute Gasteiger partial charge is 0.235 e. The molecule has 0 aliphatic heterocycles. The summed E-state index contributed by atoms with van der Waals surface area (Å²) in [5.74, 6) is 0.473. The van der Waals surface area contributed by atoms with Gasteiger partial charge in [-0.1, -0.05) is 60.1 Å². The van der Waals surface area contributed by atoms with Gasteiger partial charge in [0.2, 0.25) is 5.91 Å². The molecule has 156 valence electrons. The van der Waals surface area contributed by atoms with Crippen LogP contribution in [0.15, 0.2) is 36.4 Å². The van der Waals surface area contributed by atoms with Gasteiger partial charge in [0.15, 0.2) is 0 Å². The van der Waals surface area contributed by atoms with Crippen molar-refractivity contribution >= 4 is 46.4 Å². The first-order valence-electron chi connectivity index (χ1n) is 9.64. The van der Waals surface area contributed by atoms with Gasteiger partial charge in [-0.25, -0.2) is 0 Å². The second-order valence-corrected chi connectivity index (χ2v) is 8.46. The van der Waals surface area contributed by atoms with Gasteiger partial charge in [0.05, 0.1) is 17.0 Å². The van der Waals surface area contributed by atoms with Crippen molar-refractivity contribution in [1.82, 2.24) is 0 Å². The van der Waals surface area contributed by atoms with Crippen LogP contribution < -0.4 is 10.1 Å². The highest BCUT2D eigenvalue weighted by molar-refractivity contribution is 6.35. The van der Waals surface area contributed by atoms with E-state index in [4.69, 9.17) is 44.3 Å². The lowest BCUT2D eigenvalue weighted by Gasteiger charge is -2.37. The highest BCUT2D eigenvalue weighted by atomic mass is 35.5. The van der Waals surface area contributed by atoms with Crippen molar-refractivity contribution in [3.05, 3.63) is 57.0 Å². The lowest BCUT2D eigenvalue weighted by molar-refractivity contribution is -0.122. The second-order valence-electron chi connectivity index (χ2n) is 7.21. The van der Waals surface area contributed by atoms with Crippen molar-refractivity contribution in [2.24, 2.45) is 0 Å². The van der Waals surface area contributed by atoms with Gasteiger partial charge in [0.25, 0.3) is 0 Å². The fourth-order valence-corrected chi connectivity index (χ4v) is 4.66. The van der Waals surface area contributed by atoms with E-state index >= 15 is 0 Å². The number of nitrogens with one attached hydrogen (secondary N) is 1. The van der Waals surface area contributed by atoms with E-state index in [1.54, 1.807) is 37.4 Å². The summed E-state index contributed by atoms with van der Waals surface area (Å²) in [5, 5.41) is 4.54. The zero-order valence-corrected chi connectivity index (χ0v) is 18.5. The van der Waals surface area contributed by atoms with E-state index in [-0.39, 0.29) is 5.91 Å². The normalized spacial score (nSPS) is 15.7. The van der Waals surface area contributed by atoms with Crippen molar-refractivity contribution in [3.63, 3.8) is 0 Å². The van der Waals surface area contributed by atoms with Gasteiger partial charge in [0, 0.05) is 22.8 Å². The molecular formula is C22H24Cl3NO3. The van der Waals surface area contributed by atoms with E-state index in [9.17, 15) is 4.79 Å². The van der Waals surface area contributed by atoms with Crippen LogP contribution in [0.25, 0.3) is 0 Å². The van der Waals surface area contributed by atoms with Crippen LogP contribution in [0.5, 0.6) is 5.75 Å². The topological polar surface area (TPSA) is 47.6 Å². The lowest BCUT2D eigenvalue weighted by Crippen LogP contribution is -2.42. The number of ether oxygens (including phenoxy) is 2. The molecule has 0 heterocycles. The maximum Gasteiger partial charge on any atom is 0.235 e. The van der Waals surface area contributed by atoms with E-state index in [0.29, 0.717) is 39.7 Å². The first-order valence-corrected chi connectivity index (χ1v) is 10.8. The van der Waals surface area contributed by atoms with Crippen LogP contribution in [-0.4, -0.2) is 26.2 Å². The first-order chi connectivity index (χ1) is 14.0. The van der Waals surface area contributed by atoms with Gasteiger partial charge >= 0.3 is 0 Å². The average molecular weight is 457 g/mol. The van der Waals surface area contributed by atoms with Crippen molar-refractivity contribution in [3.8, 4) is 5.75 Å². The van der Waals surface area contributed by atoms with E-state index in [2.05, 4.69) is 5.32 Å². The molecule has 1 amide bonds. The Kier molecular flexibility index (Phi) is 7.69. The number of carbonyl (C=O) groups is 1. The standard InChI is InChI=1S/C22H24Cl3NO3/c1-28-11-12-29-20-8-6-16(14-19(20)25)26-21(27)22(9-3-2-4-10-22)17-7-5-15(23)13-18(17)24/h5-8,13-14H,2-4,9-12H2,1H3,(H,26,27). The Morgan fingerprint density at radius 3 is 2.41 bits per heavy atom. The van der Waals surface area contributed by atoms with Crippen molar-refractivity contribution in [1.29, 1.82) is 0 Å². The molecule has 0 aromatic heterocycles. The van der Waals surface area contributed by atoms with Crippen LogP contribution in [0.4, 0.5) is 5.69 Å². The number of halogens is 3. The minimum Gasteiger partial charge on any atom is -0.490 e. The molecule has 1 N–H and O–H groups in total. The Hall–Kier alpha value is -1.46. The Labute approximate surface area is 186 Å². The average Bonchev–Trinajstić information content (AvgIpc) is 2.70. The van der Waals surface area contributed by atoms with Gasteiger partial charge in [-0.3, -0.25) is 4.79 Å². The number of methoxy groups -OCH3 is 1. The SMILES string of the molecule is COCCOc1ccc(NC(=O)C2(c3ccc(Cl)cc3Cl)CCCCC2)cc1Cl. The van der Waals surface area contributed by atoms with Gasteiger partial charge < -0.3 is 14.8 Å². The fourth-order valence-electron chi connectivity index (χ4n) is 3.83.